The van der Waals surface area contributed by atoms with Crippen LogP contribution in [0.15, 0.2) is 180 Å². The molecule has 0 amide bonds. The molecule has 0 atom stereocenters. The lowest BCUT2D eigenvalue weighted by molar-refractivity contribution is 1.46. The highest BCUT2D eigenvalue weighted by Crippen LogP contribution is 2.68. The van der Waals surface area contributed by atoms with E-state index in [-0.39, 0.29) is 0 Å². The van der Waals surface area contributed by atoms with E-state index in [4.69, 9.17) is 0 Å². The Morgan fingerprint density at radius 2 is 0.796 bits per heavy atom. The molecular weight excluding hydrogens is 609 g/mol. The second-order valence-electron chi connectivity index (χ2n) is 13.6. The third-order valence-corrected chi connectivity index (χ3v) is 13.6. The fourth-order valence-electron chi connectivity index (χ4n) is 8.43. The maximum atomic E-state index is 2.57. The number of benzene rings is 9. The highest BCUT2D eigenvalue weighted by molar-refractivity contribution is 8.33. The van der Waals surface area contributed by atoms with Gasteiger partial charge in [-0.05, 0) is 118 Å². The number of hydrogen-bond acceptors (Lipinski definition) is 0. The molecule has 232 valence electrons. The topological polar surface area (TPSA) is 0 Å². The van der Waals surface area contributed by atoms with E-state index in [1.807, 2.05) is 0 Å². The lowest BCUT2D eigenvalue weighted by atomic mass is 9.83. The fraction of sp³-hybridized carbons (Fsp3) is 0.0417. The van der Waals surface area contributed by atoms with Crippen molar-refractivity contribution in [1.29, 1.82) is 0 Å². The first-order chi connectivity index (χ1) is 24.1. The molecule has 49 heavy (non-hydrogen) atoms. The SMILES string of the molecule is CS1(C)c2ccccc2-c2cc3c(-c4ccc(-c5cccc6ccccc56)cc4)c4ccccc4c(-c4cccc5ccccc45)c3cc21. The highest BCUT2D eigenvalue weighted by atomic mass is 32.3. The van der Waals surface area contributed by atoms with Crippen molar-refractivity contribution in [3.05, 3.63) is 170 Å². The molecule has 0 fully saturated rings. The summed E-state index contributed by atoms with van der Waals surface area (Å²) in [6.07, 6.45) is 4.93. The predicted octanol–water partition coefficient (Wildman–Crippen LogP) is 13.8. The lowest BCUT2D eigenvalue weighted by Crippen LogP contribution is -1.95. The Morgan fingerprint density at radius 1 is 0.306 bits per heavy atom. The van der Waals surface area contributed by atoms with Crippen molar-refractivity contribution in [2.75, 3.05) is 12.5 Å². The predicted molar refractivity (Wildman–Crippen MR) is 214 cm³/mol. The fourth-order valence-corrected chi connectivity index (χ4v) is 10.9. The molecule has 0 nitrogen and oxygen atoms in total. The molecule has 0 aromatic heterocycles. The molecule has 0 aliphatic carbocycles. The van der Waals surface area contributed by atoms with E-state index < -0.39 is 10.0 Å². The van der Waals surface area contributed by atoms with Crippen molar-refractivity contribution < 1.29 is 0 Å². The zero-order valence-corrected chi connectivity index (χ0v) is 28.4. The van der Waals surface area contributed by atoms with E-state index in [2.05, 4.69) is 182 Å². The first-order valence-corrected chi connectivity index (χ1v) is 19.4. The van der Waals surface area contributed by atoms with E-state index in [9.17, 15) is 0 Å². The molecule has 1 aliphatic heterocycles. The summed E-state index contributed by atoms with van der Waals surface area (Å²) in [5.74, 6) is 0. The van der Waals surface area contributed by atoms with E-state index in [1.165, 1.54) is 97.4 Å². The Balaban J connectivity index is 1.31. The largest absolute Gasteiger partial charge is 0.192 e. The van der Waals surface area contributed by atoms with Crippen LogP contribution in [0.5, 0.6) is 0 Å². The normalized spacial score (nSPS) is 13.9. The minimum Gasteiger partial charge on any atom is -0.192 e. The number of rotatable bonds is 3. The Morgan fingerprint density at radius 3 is 1.51 bits per heavy atom. The van der Waals surface area contributed by atoms with Crippen molar-refractivity contribution >= 4 is 53.1 Å². The zero-order valence-electron chi connectivity index (χ0n) is 27.6. The molecular formula is C48H34S. The third-order valence-electron chi connectivity index (χ3n) is 10.7. The van der Waals surface area contributed by atoms with Gasteiger partial charge in [0.15, 0.2) is 0 Å². The molecule has 0 radical (unpaired) electrons. The molecule has 0 saturated carbocycles. The Hall–Kier alpha value is -5.63. The quantitative estimate of drug-likeness (QED) is 0.168. The smallest absolute Gasteiger partial charge is 0.00219 e. The standard InChI is InChI=1S/C48H34S/c1-49(2)45-24-10-9-19-38(45)42-29-43-44(30-46(42)49)48(39-23-12-16-32-14-4-6-18-37(32)39)41-21-8-7-20-40(41)47(43)34-27-25-33(26-28-34)36-22-11-15-31-13-3-5-17-35(31)36/h3-30H,1-2H3. The minimum absolute atomic E-state index is 1.18. The van der Waals surface area contributed by atoms with Crippen LogP contribution < -0.4 is 0 Å². The van der Waals surface area contributed by atoms with Gasteiger partial charge in [-0.2, -0.15) is 10.0 Å². The van der Waals surface area contributed by atoms with Crippen molar-refractivity contribution in [1.82, 2.24) is 0 Å². The van der Waals surface area contributed by atoms with Crippen LogP contribution in [-0.4, -0.2) is 12.5 Å². The van der Waals surface area contributed by atoms with Crippen LogP contribution in [0.25, 0.3) is 87.6 Å². The Labute approximate surface area is 288 Å². The average Bonchev–Trinajstić information content (AvgIpc) is 3.38. The van der Waals surface area contributed by atoms with Crippen LogP contribution >= 0.6 is 10.0 Å². The van der Waals surface area contributed by atoms with E-state index in [0.29, 0.717) is 0 Å². The molecule has 0 spiro atoms. The highest BCUT2D eigenvalue weighted by Gasteiger charge is 2.33. The lowest BCUT2D eigenvalue weighted by Gasteiger charge is -2.29. The number of fused-ring (bicyclic) bond motifs is 7. The van der Waals surface area contributed by atoms with Crippen LogP contribution in [0.4, 0.5) is 0 Å². The number of hydrogen-bond donors (Lipinski definition) is 0. The van der Waals surface area contributed by atoms with Gasteiger partial charge in [0.05, 0.1) is 0 Å². The summed E-state index contributed by atoms with van der Waals surface area (Å²) in [6.45, 7) is 0. The van der Waals surface area contributed by atoms with Gasteiger partial charge in [0.2, 0.25) is 0 Å². The summed E-state index contributed by atoms with van der Waals surface area (Å²) in [7, 11) is -1.18. The van der Waals surface area contributed by atoms with Crippen molar-refractivity contribution in [2.24, 2.45) is 0 Å². The summed E-state index contributed by atoms with van der Waals surface area (Å²) in [5, 5.41) is 10.3. The second-order valence-corrected chi connectivity index (χ2v) is 17.2. The first-order valence-electron chi connectivity index (χ1n) is 17.0. The molecule has 0 bridgehead atoms. The van der Waals surface area contributed by atoms with Crippen LogP contribution in [0, 0.1) is 0 Å². The minimum atomic E-state index is -1.18. The van der Waals surface area contributed by atoms with Crippen molar-refractivity contribution in [3.63, 3.8) is 0 Å². The summed E-state index contributed by atoms with van der Waals surface area (Å²) >= 11 is 0. The maximum absolute atomic E-state index is 2.57. The van der Waals surface area contributed by atoms with Gasteiger partial charge in [-0.25, -0.2) is 0 Å². The van der Waals surface area contributed by atoms with Gasteiger partial charge in [0.25, 0.3) is 0 Å². The van der Waals surface area contributed by atoms with Gasteiger partial charge in [-0.15, -0.1) is 0 Å². The molecule has 0 unspecified atom stereocenters. The van der Waals surface area contributed by atoms with Gasteiger partial charge in [0, 0.05) is 9.79 Å². The monoisotopic (exact) mass is 642 g/mol. The molecule has 1 heteroatoms. The summed E-state index contributed by atoms with van der Waals surface area (Å²) in [4.78, 5) is 2.97. The van der Waals surface area contributed by atoms with Gasteiger partial charge in [-0.1, -0.05) is 152 Å². The van der Waals surface area contributed by atoms with Crippen LogP contribution in [0.2, 0.25) is 0 Å². The summed E-state index contributed by atoms with van der Waals surface area (Å²) < 4.78 is 0. The summed E-state index contributed by atoms with van der Waals surface area (Å²) in [5.41, 5.74) is 10.4. The van der Waals surface area contributed by atoms with Crippen LogP contribution in [-0.2, 0) is 0 Å². The van der Waals surface area contributed by atoms with Crippen molar-refractivity contribution in [2.45, 2.75) is 9.79 Å². The van der Waals surface area contributed by atoms with E-state index in [1.54, 1.807) is 0 Å². The molecule has 9 aromatic carbocycles. The molecule has 10 rings (SSSR count). The molecule has 0 saturated heterocycles. The van der Waals surface area contributed by atoms with Crippen LogP contribution in [0.3, 0.4) is 0 Å². The summed E-state index contributed by atoms with van der Waals surface area (Å²) in [6, 6.07) is 63.4. The zero-order chi connectivity index (χ0) is 32.7. The van der Waals surface area contributed by atoms with Crippen molar-refractivity contribution in [3.8, 4) is 44.5 Å². The second kappa shape index (κ2) is 10.7. The Kier molecular flexibility index (Phi) is 6.19. The molecule has 0 N–H and O–H groups in total. The van der Waals surface area contributed by atoms with Crippen LogP contribution in [0.1, 0.15) is 0 Å². The van der Waals surface area contributed by atoms with Gasteiger partial charge in [0.1, 0.15) is 0 Å². The third kappa shape index (κ3) is 4.19. The molecule has 9 aromatic rings. The first kappa shape index (κ1) is 28.4. The van der Waals surface area contributed by atoms with E-state index in [0.717, 1.165) is 0 Å². The van der Waals surface area contributed by atoms with E-state index >= 15 is 0 Å². The van der Waals surface area contributed by atoms with Gasteiger partial charge < -0.3 is 0 Å². The van der Waals surface area contributed by atoms with Gasteiger partial charge in [-0.3, -0.25) is 0 Å². The van der Waals surface area contributed by atoms with Gasteiger partial charge >= 0.3 is 0 Å². The molecule has 1 aliphatic rings. The molecule has 1 heterocycles. The average molecular weight is 643 g/mol. The maximum Gasteiger partial charge on any atom is 0.00219 e. The Bertz CT molecular complexity index is 2770.